The smallest absolute Gasteiger partial charge is 0.266 e. The van der Waals surface area contributed by atoms with E-state index < -0.39 is 15.6 Å². The van der Waals surface area contributed by atoms with E-state index in [0.29, 0.717) is 10.6 Å². The molecule has 0 fully saturated rings. The van der Waals surface area contributed by atoms with Gasteiger partial charge in [-0.25, -0.2) is 4.21 Å². The summed E-state index contributed by atoms with van der Waals surface area (Å²) in [5, 5.41) is 0.643. The molecular formula is C16H13ClN2O2S. The van der Waals surface area contributed by atoms with Crippen molar-refractivity contribution in [3.05, 3.63) is 64.4 Å². The summed E-state index contributed by atoms with van der Waals surface area (Å²) in [4.78, 5) is 15.8. The summed E-state index contributed by atoms with van der Waals surface area (Å²) in [5.74, 6) is 5.32. The fraction of sp³-hybridized carbons (Fsp3) is 0.125. The molecule has 0 unspecified atom stereocenters. The number of carbonyl (C=O) groups is 1. The zero-order chi connectivity index (χ0) is 16.2. The average molecular weight is 333 g/mol. The van der Waals surface area contributed by atoms with E-state index in [1.807, 2.05) is 0 Å². The normalized spacial score (nSPS) is 10.5. The maximum Gasteiger partial charge on any atom is 0.286 e. The number of carbonyl (C=O) groups excluding carboxylic acids is 1. The van der Waals surface area contributed by atoms with Crippen molar-refractivity contribution in [1.29, 1.82) is 0 Å². The van der Waals surface area contributed by atoms with Crippen molar-refractivity contribution >= 4 is 27.2 Å². The van der Waals surface area contributed by atoms with Gasteiger partial charge in [0.05, 0.1) is 5.56 Å². The second-order valence-corrected chi connectivity index (χ2v) is 7.78. The average Bonchev–Trinajstić information content (AvgIpc) is 2.45. The molecule has 6 heteroatoms. The minimum Gasteiger partial charge on any atom is -0.266 e. The van der Waals surface area contributed by atoms with Crippen molar-refractivity contribution in [3.63, 3.8) is 0 Å². The largest absolute Gasteiger partial charge is 0.286 e. The molecule has 112 valence electrons. The summed E-state index contributed by atoms with van der Waals surface area (Å²) in [6.07, 6.45) is 5.74. The zero-order valence-electron chi connectivity index (χ0n) is 12.0. The number of amides is 1. The lowest BCUT2D eigenvalue weighted by atomic mass is 10.2. The van der Waals surface area contributed by atoms with Gasteiger partial charge in [0.1, 0.15) is 0 Å². The number of aromatic nitrogens is 1. The standard InChI is InChI=1S/C16H13ClN2O2S/c1-22(2,21)19-16(20)14-9-13(10-18-11-14)4-3-12-5-7-15(17)8-6-12/h5-11H,1-2H3. The molecule has 2 aromatic rings. The van der Waals surface area contributed by atoms with Gasteiger partial charge in [0.15, 0.2) is 0 Å². The first kappa shape index (κ1) is 16.2. The second-order valence-electron chi connectivity index (χ2n) is 4.80. The molecule has 0 bridgehead atoms. The predicted octanol–water partition coefficient (Wildman–Crippen LogP) is 3.00. The number of hydrogen-bond donors (Lipinski definition) is 0. The van der Waals surface area contributed by atoms with E-state index in [4.69, 9.17) is 11.6 Å². The molecule has 0 radical (unpaired) electrons. The van der Waals surface area contributed by atoms with Crippen LogP contribution in [0, 0.1) is 11.8 Å². The number of halogens is 1. The molecule has 0 aliphatic rings. The summed E-state index contributed by atoms with van der Waals surface area (Å²) in [6.45, 7) is 0. The Morgan fingerprint density at radius 2 is 1.77 bits per heavy atom. The molecule has 22 heavy (non-hydrogen) atoms. The van der Waals surface area contributed by atoms with Crippen LogP contribution < -0.4 is 0 Å². The quantitative estimate of drug-likeness (QED) is 0.754. The van der Waals surface area contributed by atoms with E-state index in [1.54, 1.807) is 36.5 Å². The monoisotopic (exact) mass is 332 g/mol. The minimum absolute atomic E-state index is 0.263. The molecule has 2 rings (SSSR count). The highest BCUT2D eigenvalue weighted by Crippen LogP contribution is 2.09. The Morgan fingerprint density at radius 3 is 2.41 bits per heavy atom. The number of rotatable bonds is 1. The van der Waals surface area contributed by atoms with Gasteiger partial charge in [-0.15, -0.1) is 0 Å². The zero-order valence-corrected chi connectivity index (χ0v) is 13.6. The Morgan fingerprint density at radius 1 is 1.14 bits per heavy atom. The van der Waals surface area contributed by atoms with Gasteiger partial charge < -0.3 is 0 Å². The molecule has 0 atom stereocenters. The van der Waals surface area contributed by atoms with Gasteiger partial charge in [-0.05, 0) is 30.3 Å². The molecule has 0 aliphatic carbocycles. The summed E-state index contributed by atoms with van der Waals surface area (Å²) in [7, 11) is -2.49. The highest BCUT2D eigenvalue weighted by Gasteiger charge is 2.06. The van der Waals surface area contributed by atoms with E-state index >= 15 is 0 Å². The minimum atomic E-state index is -2.49. The SMILES string of the molecule is CS(C)(=O)=NC(=O)c1cncc(C#Cc2ccc(Cl)cc2)c1. The Hall–Kier alpha value is -2.16. The van der Waals surface area contributed by atoms with Gasteiger partial charge in [0.2, 0.25) is 0 Å². The first-order chi connectivity index (χ1) is 10.3. The maximum atomic E-state index is 11.9. The lowest BCUT2D eigenvalue weighted by Crippen LogP contribution is -2.02. The van der Waals surface area contributed by atoms with Crippen molar-refractivity contribution in [2.45, 2.75) is 0 Å². The van der Waals surface area contributed by atoms with Crippen LogP contribution in [0.1, 0.15) is 21.5 Å². The van der Waals surface area contributed by atoms with Crippen LogP contribution in [-0.4, -0.2) is 27.6 Å². The van der Waals surface area contributed by atoms with Crippen LogP contribution in [-0.2, 0) is 9.73 Å². The van der Waals surface area contributed by atoms with E-state index in [2.05, 4.69) is 21.2 Å². The van der Waals surface area contributed by atoms with E-state index in [-0.39, 0.29) is 5.56 Å². The predicted molar refractivity (Wildman–Crippen MR) is 88.4 cm³/mol. The molecule has 1 aromatic heterocycles. The van der Waals surface area contributed by atoms with Crippen molar-refractivity contribution in [2.75, 3.05) is 12.5 Å². The molecule has 0 N–H and O–H groups in total. The third-order valence-corrected chi connectivity index (χ3v) is 3.34. The molecule has 1 amide bonds. The van der Waals surface area contributed by atoms with Crippen LogP contribution in [0.25, 0.3) is 0 Å². The first-order valence-electron chi connectivity index (χ1n) is 6.27. The van der Waals surface area contributed by atoms with Gasteiger partial charge in [-0.1, -0.05) is 23.4 Å². The first-order valence-corrected chi connectivity index (χ1v) is 8.98. The van der Waals surface area contributed by atoms with Crippen LogP contribution >= 0.6 is 11.6 Å². The molecule has 0 aliphatic heterocycles. The lowest BCUT2D eigenvalue weighted by Gasteiger charge is -1.97. The maximum absolute atomic E-state index is 11.9. The Labute approximate surface area is 134 Å². The van der Waals surface area contributed by atoms with Gasteiger partial charge >= 0.3 is 0 Å². The van der Waals surface area contributed by atoms with Crippen LogP contribution in [0.15, 0.2) is 47.1 Å². The Balaban J connectivity index is 2.28. The van der Waals surface area contributed by atoms with E-state index in [0.717, 1.165) is 5.56 Å². The fourth-order valence-electron chi connectivity index (χ4n) is 1.56. The number of benzene rings is 1. The summed E-state index contributed by atoms with van der Waals surface area (Å²) in [6, 6.07) is 8.68. The summed E-state index contributed by atoms with van der Waals surface area (Å²) < 4.78 is 15.2. The highest BCUT2D eigenvalue weighted by molar-refractivity contribution is 7.92. The third-order valence-electron chi connectivity index (χ3n) is 2.48. The van der Waals surface area contributed by atoms with Crippen molar-refractivity contribution in [2.24, 2.45) is 4.36 Å². The molecule has 0 saturated heterocycles. The summed E-state index contributed by atoms with van der Waals surface area (Å²) >= 11 is 5.81. The van der Waals surface area contributed by atoms with Crippen LogP contribution in [0.4, 0.5) is 0 Å². The molecular weight excluding hydrogens is 320 g/mol. The van der Waals surface area contributed by atoms with Crippen LogP contribution in [0.5, 0.6) is 0 Å². The summed E-state index contributed by atoms with van der Waals surface area (Å²) in [5.41, 5.74) is 1.64. The van der Waals surface area contributed by atoms with Gasteiger partial charge in [0, 0.05) is 50.8 Å². The van der Waals surface area contributed by atoms with Crippen molar-refractivity contribution in [1.82, 2.24) is 4.98 Å². The van der Waals surface area contributed by atoms with Crippen molar-refractivity contribution < 1.29 is 9.00 Å². The molecule has 1 aromatic carbocycles. The molecule has 0 saturated carbocycles. The van der Waals surface area contributed by atoms with E-state index in [1.165, 1.54) is 18.7 Å². The van der Waals surface area contributed by atoms with Crippen molar-refractivity contribution in [3.8, 4) is 11.8 Å². The molecule has 1 heterocycles. The van der Waals surface area contributed by atoms with Gasteiger partial charge in [-0.3, -0.25) is 9.78 Å². The Bertz CT molecular complexity index is 878. The lowest BCUT2D eigenvalue weighted by molar-refractivity contribution is 0.100. The molecule has 4 nitrogen and oxygen atoms in total. The fourth-order valence-corrected chi connectivity index (χ4v) is 2.19. The number of pyridine rings is 1. The molecule has 0 spiro atoms. The van der Waals surface area contributed by atoms with Gasteiger partial charge in [0.25, 0.3) is 5.91 Å². The number of nitrogens with zero attached hydrogens (tertiary/aromatic N) is 2. The third kappa shape index (κ3) is 4.99. The number of hydrogen-bond acceptors (Lipinski definition) is 3. The van der Waals surface area contributed by atoms with Crippen LogP contribution in [0.3, 0.4) is 0 Å². The second kappa shape index (κ2) is 6.73. The Kier molecular flexibility index (Phi) is 4.96. The van der Waals surface area contributed by atoms with Gasteiger partial charge in [-0.2, -0.15) is 4.36 Å². The van der Waals surface area contributed by atoms with E-state index in [9.17, 15) is 9.00 Å². The highest BCUT2D eigenvalue weighted by atomic mass is 35.5. The van der Waals surface area contributed by atoms with Crippen LogP contribution in [0.2, 0.25) is 5.02 Å². The topological polar surface area (TPSA) is 59.4 Å².